The predicted molar refractivity (Wildman–Crippen MR) is 45.2 cm³/mol. The van der Waals surface area contributed by atoms with Crippen LogP contribution in [0.1, 0.15) is 19.3 Å². The summed E-state index contributed by atoms with van der Waals surface area (Å²) in [4.78, 5) is 0. The molecule has 0 radical (unpaired) electrons. The molecule has 3 rings (SSSR count). The van der Waals surface area contributed by atoms with Crippen LogP contribution in [0.4, 0.5) is 0 Å². The maximum Gasteiger partial charge on any atom is 0.0107 e. The van der Waals surface area contributed by atoms with Gasteiger partial charge in [0.05, 0.1) is 0 Å². The Morgan fingerprint density at radius 2 is 2.00 bits per heavy atom. The summed E-state index contributed by atoms with van der Waals surface area (Å²) in [5.41, 5.74) is 5.87. The van der Waals surface area contributed by atoms with Gasteiger partial charge < -0.3 is 5.73 Å². The van der Waals surface area contributed by atoms with Crippen LogP contribution in [-0.4, -0.2) is 6.04 Å². The van der Waals surface area contributed by atoms with Gasteiger partial charge in [0.25, 0.3) is 0 Å². The van der Waals surface area contributed by atoms with Crippen molar-refractivity contribution in [1.82, 2.24) is 0 Å². The summed E-state index contributed by atoms with van der Waals surface area (Å²) < 4.78 is 0. The molecule has 3 unspecified atom stereocenters. The number of nitrogens with two attached hydrogens (primary N) is 1. The van der Waals surface area contributed by atoms with Crippen molar-refractivity contribution in [2.75, 3.05) is 0 Å². The second-order valence-corrected chi connectivity index (χ2v) is 3.29. The fourth-order valence-corrected chi connectivity index (χ4v) is 1.98. The highest BCUT2D eigenvalue weighted by Crippen LogP contribution is 2.34. The molecule has 0 spiro atoms. The molecule has 2 heteroatoms. The Hall–Kier alpha value is -0.0100. The Morgan fingerprint density at radius 1 is 1.20 bits per heavy atom. The lowest BCUT2D eigenvalue weighted by Crippen LogP contribution is -2.37. The van der Waals surface area contributed by atoms with E-state index in [2.05, 4.69) is 12.2 Å². The van der Waals surface area contributed by atoms with E-state index < -0.39 is 0 Å². The van der Waals surface area contributed by atoms with Gasteiger partial charge in [-0.3, -0.25) is 0 Å². The Labute approximate surface area is 68.1 Å². The molecule has 0 amide bonds. The minimum atomic E-state index is 0. The Balaban J connectivity index is 0.000000500. The van der Waals surface area contributed by atoms with Gasteiger partial charge in [-0.2, -0.15) is 0 Å². The summed E-state index contributed by atoms with van der Waals surface area (Å²) in [5.74, 6) is 1.54. The summed E-state index contributed by atoms with van der Waals surface area (Å²) in [6, 6.07) is 0.480. The molecule has 3 aliphatic rings. The highest BCUT2D eigenvalue weighted by atomic mass is 35.5. The summed E-state index contributed by atoms with van der Waals surface area (Å²) in [7, 11) is 0. The molecule has 2 bridgehead atoms. The summed E-state index contributed by atoms with van der Waals surface area (Å²) >= 11 is 0. The molecule has 10 heavy (non-hydrogen) atoms. The molecule has 58 valence electrons. The minimum Gasteiger partial charge on any atom is -0.327 e. The number of hydrogen-bond acceptors (Lipinski definition) is 1. The van der Waals surface area contributed by atoms with Gasteiger partial charge in [0, 0.05) is 6.04 Å². The number of halogens is 1. The topological polar surface area (TPSA) is 26.0 Å². The van der Waals surface area contributed by atoms with Gasteiger partial charge in [0.2, 0.25) is 0 Å². The SMILES string of the molecule is Cl.NC1CC2C=CC1CC2. The van der Waals surface area contributed by atoms with Crippen molar-refractivity contribution in [1.29, 1.82) is 0 Å². The van der Waals surface area contributed by atoms with E-state index in [9.17, 15) is 0 Å². The first-order chi connectivity index (χ1) is 4.36. The third-order valence-corrected chi connectivity index (χ3v) is 2.63. The maximum atomic E-state index is 5.87. The van der Waals surface area contributed by atoms with Gasteiger partial charge in [0.1, 0.15) is 0 Å². The van der Waals surface area contributed by atoms with Crippen molar-refractivity contribution < 1.29 is 0 Å². The normalized spacial score (nSPS) is 43.1. The minimum absolute atomic E-state index is 0. The monoisotopic (exact) mass is 159 g/mol. The Morgan fingerprint density at radius 3 is 2.20 bits per heavy atom. The lowest BCUT2D eigenvalue weighted by molar-refractivity contribution is 0.285. The van der Waals surface area contributed by atoms with Crippen LogP contribution in [0.3, 0.4) is 0 Å². The summed E-state index contributed by atoms with van der Waals surface area (Å²) in [6.07, 6.45) is 8.61. The van der Waals surface area contributed by atoms with Crippen LogP contribution >= 0.6 is 12.4 Å². The molecule has 0 aliphatic heterocycles. The standard InChI is InChI=1S/C8H13N.ClH/c9-8-5-6-1-3-7(8)4-2-6;/h1,3,6-8H,2,4-5,9H2;1H. The smallest absolute Gasteiger partial charge is 0.0107 e. The number of fused-ring (bicyclic) bond motifs is 2. The highest BCUT2D eigenvalue weighted by molar-refractivity contribution is 5.85. The van der Waals surface area contributed by atoms with Crippen molar-refractivity contribution in [3.63, 3.8) is 0 Å². The van der Waals surface area contributed by atoms with Crippen molar-refractivity contribution in [3.8, 4) is 0 Å². The molecule has 0 aromatic carbocycles. The fraction of sp³-hybridized carbons (Fsp3) is 0.750. The molecule has 1 saturated carbocycles. The summed E-state index contributed by atoms with van der Waals surface area (Å²) in [5, 5.41) is 0. The molecule has 2 N–H and O–H groups in total. The van der Waals surface area contributed by atoms with Crippen molar-refractivity contribution >= 4 is 12.4 Å². The lowest BCUT2D eigenvalue weighted by atomic mass is 9.73. The second kappa shape index (κ2) is 2.93. The van der Waals surface area contributed by atoms with Crippen LogP contribution < -0.4 is 5.73 Å². The molecule has 0 saturated heterocycles. The third-order valence-electron chi connectivity index (χ3n) is 2.63. The Bertz CT molecular complexity index is 144. The van der Waals surface area contributed by atoms with E-state index >= 15 is 0 Å². The zero-order valence-electron chi connectivity index (χ0n) is 5.99. The second-order valence-electron chi connectivity index (χ2n) is 3.29. The molecule has 0 aromatic heterocycles. The average Bonchev–Trinajstić information content (AvgIpc) is 1.90. The van der Waals surface area contributed by atoms with Crippen LogP contribution in [0.2, 0.25) is 0 Å². The largest absolute Gasteiger partial charge is 0.327 e. The Kier molecular flexibility index (Phi) is 2.37. The zero-order valence-corrected chi connectivity index (χ0v) is 6.81. The van der Waals surface area contributed by atoms with Crippen LogP contribution in [0.5, 0.6) is 0 Å². The average molecular weight is 160 g/mol. The maximum absolute atomic E-state index is 5.87. The first kappa shape index (κ1) is 8.09. The molecule has 1 fully saturated rings. The van der Waals surface area contributed by atoms with E-state index in [1.807, 2.05) is 0 Å². The first-order valence-corrected chi connectivity index (χ1v) is 3.80. The van der Waals surface area contributed by atoms with E-state index in [4.69, 9.17) is 5.73 Å². The predicted octanol–water partition coefficient (Wildman–Crippen LogP) is 1.72. The van der Waals surface area contributed by atoms with E-state index in [0.717, 1.165) is 11.8 Å². The number of hydrogen-bond donors (Lipinski definition) is 1. The van der Waals surface area contributed by atoms with Crippen LogP contribution in [0, 0.1) is 11.8 Å². The van der Waals surface area contributed by atoms with Gasteiger partial charge in [-0.05, 0) is 31.1 Å². The van der Waals surface area contributed by atoms with Crippen LogP contribution in [-0.2, 0) is 0 Å². The van der Waals surface area contributed by atoms with Gasteiger partial charge in [-0.25, -0.2) is 0 Å². The van der Waals surface area contributed by atoms with Crippen molar-refractivity contribution in [2.45, 2.75) is 25.3 Å². The molecule has 1 nitrogen and oxygen atoms in total. The fourth-order valence-electron chi connectivity index (χ4n) is 1.98. The highest BCUT2D eigenvalue weighted by Gasteiger charge is 2.28. The van der Waals surface area contributed by atoms with Crippen molar-refractivity contribution in [2.24, 2.45) is 17.6 Å². The van der Waals surface area contributed by atoms with Gasteiger partial charge >= 0.3 is 0 Å². The molecule has 0 aromatic rings. The molecule has 3 aliphatic carbocycles. The lowest BCUT2D eigenvalue weighted by Gasteiger charge is -2.35. The van der Waals surface area contributed by atoms with Crippen LogP contribution in [0.15, 0.2) is 12.2 Å². The zero-order chi connectivity index (χ0) is 6.27. The van der Waals surface area contributed by atoms with Crippen molar-refractivity contribution in [3.05, 3.63) is 12.2 Å². The van der Waals surface area contributed by atoms with Gasteiger partial charge in [-0.1, -0.05) is 12.2 Å². The molecular formula is C8H14ClN. The van der Waals surface area contributed by atoms with E-state index in [-0.39, 0.29) is 12.4 Å². The van der Waals surface area contributed by atoms with E-state index in [0.29, 0.717) is 6.04 Å². The number of allylic oxidation sites excluding steroid dienone is 1. The van der Waals surface area contributed by atoms with E-state index in [1.165, 1.54) is 19.3 Å². The third kappa shape index (κ3) is 1.21. The molecular weight excluding hydrogens is 146 g/mol. The van der Waals surface area contributed by atoms with Crippen LogP contribution in [0.25, 0.3) is 0 Å². The van der Waals surface area contributed by atoms with Gasteiger partial charge in [0.15, 0.2) is 0 Å². The molecule has 3 atom stereocenters. The first-order valence-electron chi connectivity index (χ1n) is 3.80. The molecule has 0 heterocycles. The number of rotatable bonds is 0. The van der Waals surface area contributed by atoms with E-state index in [1.54, 1.807) is 0 Å². The van der Waals surface area contributed by atoms with Gasteiger partial charge in [-0.15, -0.1) is 12.4 Å². The summed E-state index contributed by atoms with van der Waals surface area (Å²) in [6.45, 7) is 0. The quantitative estimate of drug-likeness (QED) is 0.536.